The number of rotatable bonds is 4. The summed E-state index contributed by atoms with van der Waals surface area (Å²) in [7, 11) is 0. The van der Waals surface area contributed by atoms with Crippen LogP contribution in [0, 0.1) is 27.7 Å². The van der Waals surface area contributed by atoms with Crippen LogP contribution in [0.3, 0.4) is 0 Å². The lowest BCUT2D eigenvalue weighted by atomic mass is 10.1. The van der Waals surface area contributed by atoms with Crippen molar-refractivity contribution >= 4 is 5.69 Å². The SMILES string of the molecule is Cc1ccc(C)c(N2CCN(Cc3cc(C)n(-c4cccc(C(F)(F)F)c4)c3C)CC2)c1. The molecule has 1 aliphatic heterocycles. The number of hydrogen-bond donors (Lipinski definition) is 0. The quantitative estimate of drug-likeness (QED) is 0.488. The van der Waals surface area contributed by atoms with Gasteiger partial charge in [-0.1, -0.05) is 18.2 Å². The second-order valence-corrected chi connectivity index (χ2v) is 8.83. The van der Waals surface area contributed by atoms with Gasteiger partial charge in [-0.15, -0.1) is 0 Å². The van der Waals surface area contributed by atoms with Crippen molar-refractivity contribution in [3.8, 4) is 5.69 Å². The molecule has 0 radical (unpaired) electrons. The van der Waals surface area contributed by atoms with E-state index in [1.807, 2.05) is 18.4 Å². The van der Waals surface area contributed by atoms with Gasteiger partial charge < -0.3 is 9.47 Å². The van der Waals surface area contributed by atoms with E-state index in [2.05, 4.69) is 47.9 Å². The molecule has 170 valence electrons. The maximum Gasteiger partial charge on any atom is 0.416 e. The molecule has 3 nitrogen and oxygen atoms in total. The van der Waals surface area contributed by atoms with Crippen molar-refractivity contribution < 1.29 is 13.2 Å². The molecule has 0 amide bonds. The summed E-state index contributed by atoms with van der Waals surface area (Å²) in [5, 5.41) is 0. The van der Waals surface area contributed by atoms with Gasteiger partial charge in [-0.05, 0) is 74.7 Å². The predicted octanol–water partition coefficient (Wildman–Crippen LogP) is 6.05. The van der Waals surface area contributed by atoms with Crippen molar-refractivity contribution in [3.63, 3.8) is 0 Å². The van der Waals surface area contributed by atoms with Crippen LogP contribution in [-0.4, -0.2) is 35.6 Å². The summed E-state index contributed by atoms with van der Waals surface area (Å²) in [5.74, 6) is 0. The smallest absolute Gasteiger partial charge is 0.369 e. The first-order chi connectivity index (χ1) is 15.1. The van der Waals surface area contributed by atoms with Crippen molar-refractivity contribution in [2.75, 3.05) is 31.1 Å². The van der Waals surface area contributed by atoms with Gasteiger partial charge in [0.1, 0.15) is 0 Å². The summed E-state index contributed by atoms with van der Waals surface area (Å²) in [6.45, 7) is 12.9. The molecule has 1 fully saturated rings. The highest BCUT2D eigenvalue weighted by molar-refractivity contribution is 5.55. The topological polar surface area (TPSA) is 11.4 Å². The molecule has 3 aromatic rings. The van der Waals surface area contributed by atoms with E-state index in [4.69, 9.17) is 0 Å². The Hall–Kier alpha value is -2.73. The van der Waals surface area contributed by atoms with Gasteiger partial charge in [-0.2, -0.15) is 13.2 Å². The average molecular weight is 442 g/mol. The van der Waals surface area contributed by atoms with E-state index in [-0.39, 0.29) is 0 Å². The van der Waals surface area contributed by atoms with Crippen LogP contribution in [0.2, 0.25) is 0 Å². The number of hydrogen-bond acceptors (Lipinski definition) is 2. The Morgan fingerprint density at radius 2 is 1.56 bits per heavy atom. The fraction of sp³-hybridized carbons (Fsp3) is 0.385. The molecule has 4 rings (SSSR count). The average Bonchev–Trinajstić information content (AvgIpc) is 3.03. The van der Waals surface area contributed by atoms with Crippen molar-refractivity contribution in [1.82, 2.24) is 9.47 Å². The molecular formula is C26H30F3N3. The van der Waals surface area contributed by atoms with Crippen molar-refractivity contribution in [2.45, 2.75) is 40.4 Å². The zero-order chi connectivity index (χ0) is 23.0. The predicted molar refractivity (Wildman–Crippen MR) is 124 cm³/mol. The van der Waals surface area contributed by atoms with Crippen LogP contribution in [-0.2, 0) is 12.7 Å². The fourth-order valence-electron chi connectivity index (χ4n) is 4.66. The molecule has 0 saturated carbocycles. The molecule has 1 saturated heterocycles. The summed E-state index contributed by atoms with van der Waals surface area (Å²) >= 11 is 0. The molecule has 2 aromatic carbocycles. The number of benzene rings is 2. The Morgan fingerprint density at radius 3 is 2.25 bits per heavy atom. The largest absolute Gasteiger partial charge is 0.416 e. The normalized spacial score (nSPS) is 15.4. The zero-order valence-corrected chi connectivity index (χ0v) is 19.1. The second kappa shape index (κ2) is 8.66. The first-order valence-electron chi connectivity index (χ1n) is 11.0. The molecule has 0 bridgehead atoms. The molecule has 1 aliphatic rings. The van der Waals surface area contributed by atoms with Crippen LogP contribution in [0.4, 0.5) is 18.9 Å². The minimum absolute atomic E-state index is 0.556. The Bertz CT molecular complexity index is 1110. The molecule has 6 heteroatoms. The first kappa shape index (κ1) is 22.5. The standard InChI is InChI=1S/C26H30F3N3/c1-18-8-9-19(2)25(14-18)31-12-10-30(11-13-31)17-22-15-20(3)32(21(22)4)24-7-5-6-23(16-24)26(27,28)29/h5-9,14-16H,10-13,17H2,1-4H3. The first-order valence-corrected chi connectivity index (χ1v) is 11.0. The molecule has 2 heterocycles. The highest BCUT2D eigenvalue weighted by Gasteiger charge is 2.30. The number of aromatic nitrogens is 1. The molecule has 0 unspecified atom stereocenters. The third-order valence-electron chi connectivity index (χ3n) is 6.44. The fourth-order valence-corrected chi connectivity index (χ4v) is 4.66. The summed E-state index contributed by atoms with van der Waals surface area (Å²) in [5.41, 5.74) is 6.94. The third kappa shape index (κ3) is 4.56. The van der Waals surface area contributed by atoms with E-state index < -0.39 is 11.7 Å². The van der Waals surface area contributed by atoms with E-state index in [1.165, 1.54) is 34.5 Å². The van der Waals surface area contributed by atoms with Crippen LogP contribution in [0.1, 0.15) is 33.6 Å². The van der Waals surface area contributed by atoms with E-state index >= 15 is 0 Å². The van der Waals surface area contributed by atoms with Crippen molar-refractivity contribution in [1.29, 1.82) is 0 Å². The highest BCUT2D eigenvalue weighted by atomic mass is 19.4. The summed E-state index contributed by atoms with van der Waals surface area (Å²) < 4.78 is 41.5. The number of alkyl halides is 3. The zero-order valence-electron chi connectivity index (χ0n) is 19.1. The number of nitrogens with zero attached hydrogens (tertiary/aromatic N) is 3. The summed E-state index contributed by atoms with van der Waals surface area (Å²) in [6, 6.07) is 14.3. The number of aryl methyl sites for hydroxylation is 3. The Labute approximate surface area is 188 Å². The molecule has 0 spiro atoms. The van der Waals surface area contributed by atoms with Crippen LogP contribution in [0.5, 0.6) is 0 Å². The molecule has 0 atom stereocenters. The maximum atomic E-state index is 13.2. The Morgan fingerprint density at radius 1 is 0.844 bits per heavy atom. The lowest BCUT2D eigenvalue weighted by Gasteiger charge is -2.37. The molecule has 1 aromatic heterocycles. The maximum absolute atomic E-state index is 13.2. The van der Waals surface area contributed by atoms with Gasteiger partial charge in [0.25, 0.3) is 0 Å². The summed E-state index contributed by atoms with van der Waals surface area (Å²) in [6.07, 6.45) is -4.34. The Kier molecular flexibility index (Phi) is 6.08. The third-order valence-corrected chi connectivity index (χ3v) is 6.44. The van der Waals surface area contributed by atoms with E-state index in [1.54, 1.807) is 6.07 Å². The van der Waals surface area contributed by atoms with Gasteiger partial charge in [0, 0.05) is 55.5 Å². The van der Waals surface area contributed by atoms with Gasteiger partial charge in [-0.3, -0.25) is 4.90 Å². The minimum Gasteiger partial charge on any atom is -0.369 e. The van der Waals surface area contributed by atoms with Crippen molar-refractivity contribution in [2.24, 2.45) is 0 Å². The molecule has 0 N–H and O–H groups in total. The van der Waals surface area contributed by atoms with Gasteiger partial charge >= 0.3 is 6.18 Å². The minimum atomic E-state index is -4.34. The van der Waals surface area contributed by atoms with Gasteiger partial charge in [0.15, 0.2) is 0 Å². The molecule has 0 aliphatic carbocycles. The van der Waals surface area contributed by atoms with E-state index in [0.29, 0.717) is 5.69 Å². The van der Waals surface area contributed by atoms with Crippen molar-refractivity contribution in [3.05, 3.63) is 82.2 Å². The summed E-state index contributed by atoms with van der Waals surface area (Å²) in [4.78, 5) is 4.88. The van der Waals surface area contributed by atoms with Crippen LogP contribution in [0.25, 0.3) is 5.69 Å². The van der Waals surface area contributed by atoms with Gasteiger partial charge in [-0.25, -0.2) is 0 Å². The highest BCUT2D eigenvalue weighted by Crippen LogP contribution is 2.32. The number of piperazine rings is 1. The molecule has 32 heavy (non-hydrogen) atoms. The van der Waals surface area contributed by atoms with Crippen LogP contribution < -0.4 is 4.90 Å². The lowest BCUT2D eigenvalue weighted by Crippen LogP contribution is -2.46. The lowest BCUT2D eigenvalue weighted by molar-refractivity contribution is -0.137. The van der Waals surface area contributed by atoms with Gasteiger partial charge in [0.05, 0.1) is 5.56 Å². The van der Waals surface area contributed by atoms with E-state index in [9.17, 15) is 13.2 Å². The molecular weight excluding hydrogens is 411 g/mol. The monoisotopic (exact) mass is 441 g/mol. The number of anilines is 1. The van der Waals surface area contributed by atoms with Crippen LogP contribution in [0.15, 0.2) is 48.5 Å². The van der Waals surface area contributed by atoms with Crippen LogP contribution >= 0.6 is 0 Å². The van der Waals surface area contributed by atoms with E-state index in [0.717, 1.165) is 50.2 Å². The number of halogens is 3. The second-order valence-electron chi connectivity index (χ2n) is 8.83. The van der Waals surface area contributed by atoms with Gasteiger partial charge in [0.2, 0.25) is 0 Å². The Balaban J connectivity index is 1.48.